The van der Waals surface area contributed by atoms with Gasteiger partial charge in [0.15, 0.2) is 0 Å². The van der Waals surface area contributed by atoms with Crippen molar-refractivity contribution in [2.45, 2.75) is 26.2 Å². The normalized spacial score (nSPS) is 10.2. The molecule has 14 heavy (non-hydrogen) atoms. The SMILES string of the molecule is CCCCCNc1cc(F)ccc1Cl. The second kappa shape index (κ2) is 5.86. The molecule has 0 saturated carbocycles. The summed E-state index contributed by atoms with van der Waals surface area (Å²) in [5, 5.41) is 3.69. The van der Waals surface area contributed by atoms with Crippen LogP contribution in [0.4, 0.5) is 10.1 Å². The van der Waals surface area contributed by atoms with Crippen molar-refractivity contribution in [1.82, 2.24) is 0 Å². The summed E-state index contributed by atoms with van der Waals surface area (Å²) in [6.07, 6.45) is 3.45. The molecule has 0 aromatic heterocycles. The number of hydrogen-bond acceptors (Lipinski definition) is 1. The molecule has 0 atom stereocenters. The van der Waals surface area contributed by atoms with Crippen LogP contribution in [0.5, 0.6) is 0 Å². The molecule has 0 unspecified atom stereocenters. The quantitative estimate of drug-likeness (QED) is 0.730. The lowest BCUT2D eigenvalue weighted by Gasteiger charge is -2.07. The number of halogens is 2. The van der Waals surface area contributed by atoms with Gasteiger partial charge in [-0.25, -0.2) is 4.39 Å². The minimum atomic E-state index is -0.257. The molecule has 0 radical (unpaired) electrons. The molecule has 0 spiro atoms. The Kier molecular flexibility index (Phi) is 4.74. The van der Waals surface area contributed by atoms with Crippen LogP contribution in [0.1, 0.15) is 26.2 Å². The molecule has 0 aliphatic carbocycles. The van der Waals surface area contributed by atoms with Gasteiger partial charge in [0.2, 0.25) is 0 Å². The summed E-state index contributed by atoms with van der Waals surface area (Å²) in [6, 6.07) is 4.35. The molecule has 1 N–H and O–H groups in total. The molecular weight excluding hydrogens is 201 g/mol. The van der Waals surface area contributed by atoms with Gasteiger partial charge < -0.3 is 5.32 Å². The third-order valence-corrected chi connectivity index (χ3v) is 2.35. The van der Waals surface area contributed by atoms with Crippen molar-refractivity contribution in [2.24, 2.45) is 0 Å². The molecule has 78 valence electrons. The van der Waals surface area contributed by atoms with E-state index in [1.165, 1.54) is 25.0 Å². The molecule has 0 aliphatic heterocycles. The van der Waals surface area contributed by atoms with E-state index < -0.39 is 0 Å². The van der Waals surface area contributed by atoms with Gasteiger partial charge in [-0.1, -0.05) is 31.4 Å². The predicted octanol–water partition coefficient (Wildman–Crippen LogP) is 4.08. The van der Waals surface area contributed by atoms with Gasteiger partial charge in [0.1, 0.15) is 5.82 Å². The number of unbranched alkanes of at least 4 members (excludes halogenated alkanes) is 2. The fourth-order valence-corrected chi connectivity index (χ4v) is 1.42. The molecule has 1 rings (SSSR count). The summed E-state index contributed by atoms with van der Waals surface area (Å²) in [6.45, 7) is 2.99. The monoisotopic (exact) mass is 215 g/mol. The molecule has 0 amide bonds. The molecule has 3 heteroatoms. The topological polar surface area (TPSA) is 12.0 Å². The van der Waals surface area contributed by atoms with Crippen molar-refractivity contribution in [3.63, 3.8) is 0 Å². The first-order valence-electron chi connectivity index (χ1n) is 4.93. The largest absolute Gasteiger partial charge is 0.384 e. The molecule has 1 nitrogen and oxygen atoms in total. The predicted molar refractivity (Wildman–Crippen MR) is 59.4 cm³/mol. The van der Waals surface area contributed by atoms with E-state index in [-0.39, 0.29) is 5.82 Å². The van der Waals surface area contributed by atoms with E-state index in [1.54, 1.807) is 6.07 Å². The van der Waals surface area contributed by atoms with Gasteiger partial charge in [-0.2, -0.15) is 0 Å². The van der Waals surface area contributed by atoms with Gasteiger partial charge in [0.05, 0.1) is 10.7 Å². The maximum Gasteiger partial charge on any atom is 0.125 e. The van der Waals surface area contributed by atoms with E-state index in [9.17, 15) is 4.39 Å². The van der Waals surface area contributed by atoms with E-state index in [4.69, 9.17) is 11.6 Å². The van der Waals surface area contributed by atoms with Crippen molar-refractivity contribution in [3.8, 4) is 0 Å². The van der Waals surface area contributed by atoms with Gasteiger partial charge in [-0.3, -0.25) is 0 Å². The number of hydrogen-bond donors (Lipinski definition) is 1. The maximum absolute atomic E-state index is 12.8. The number of benzene rings is 1. The highest BCUT2D eigenvalue weighted by Gasteiger charge is 2.00. The van der Waals surface area contributed by atoms with Gasteiger partial charge in [-0.15, -0.1) is 0 Å². The second-order valence-electron chi connectivity index (χ2n) is 3.26. The lowest BCUT2D eigenvalue weighted by Crippen LogP contribution is -2.01. The Hall–Kier alpha value is -0.760. The van der Waals surface area contributed by atoms with E-state index in [2.05, 4.69) is 12.2 Å². The van der Waals surface area contributed by atoms with E-state index >= 15 is 0 Å². The highest BCUT2D eigenvalue weighted by molar-refractivity contribution is 6.33. The summed E-state index contributed by atoms with van der Waals surface area (Å²) in [7, 11) is 0. The minimum Gasteiger partial charge on any atom is -0.384 e. The highest BCUT2D eigenvalue weighted by atomic mass is 35.5. The molecule has 0 fully saturated rings. The van der Waals surface area contributed by atoms with Gasteiger partial charge in [0, 0.05) is 6.54 Å². The van der Waals surface area contributed by atoms with Gasteiger partial charge >= 0.3 is 0 Å². The van der Waals surface area contributed by atoms with Crippen LogP contribution in [0.3, 0.4) is 0 Å². The standard InChI is InChI=1S/C11H15ClFN/c1-2-3-4-7-14-11-8-9(13)5-6-10(11)12/h5-6,8,14H,2-4,7H2,1H3. The summed E-state index contributed by atoms with van der Waals surface area (Å²) in [5.74, 6) is -0.257. The first-order valence-corrected chi connectivity index (χ1v) is 5.30. The average molecular weight is 216 g/mol. The molecule has 0 saturated heterocycles. The Morgan fingerprint density at radius 3 is 2.86 bits per heavy atom. The van der Waals surface area contributed by atoms with E-state index in [1.807, 2.05) is 0 Å². The van der Waals surface area contributed by atoms with Crippen LogP contribution in [0.25, 0.3) is 0 Å². The number of nitrogens with one attached hydrogen (secondary N) is 1. The first kappa shape index (κ1) is 11.3. The second-order valence-corrected chi connectivity index (χ2v) is 3.67. The van der Waals surface area contributed by atoms with Crippen LogP contribution in [0.15, 0.2) is 18.2 Å². The Bertz CT molecular complexity index is 289. The zero-order valence-corrected chi connectivity index (χ0v) is 9.07. The van der Waals surface area contributed by atoms with Crippen molar-refractivity contribution in [2.75, 3.05) is 11.9 Å². The third kappa shape index (κ3) is 3.54. The van der Waals surface area contributed by atoms with Crippen LogP contribution in [-0.2, 0) is 0 Å². The fourth-order valence-electron chi connectivity index (χ4n) is 1.23. The van der Waals surface area contributed by atoms with Crippen molar-refractivity contribution >= 4 is 17.3 Å². The molecule has 1 aromatic rings. The van der Waals surface area contributed by atoms with E-state index in [0.717, 1.165) is 13.0 Å². The third-order valence-electron chi connectivity index (χ3n) is 2.02. The lowest BCUT2D eigenvalue weighted by atomic mass is 10.2. The smallest absolute Gasteiger partial charge is 0.125 e. The lowest BCUT2D eigenvalue weighted by molar-refractivity contribution is 0.628. The Morgan fingerprint density at radius 1 is 1.36 bits per heavy atom. The van der Waals surface area contributed by atoms with Crippen molar-refractivity contribution in [3.05, 3.63) is 29.0 Å². The molecule has 0 bridgehead atoms. The van der Waals surface area contributed by atoms with Crippen LogP contribution in [0, 0.1) is 5.82 Å². The summed E-state index contributed by atoms with van der Waals surface area (Å²) in [4.78, 5) is 0. The van der Waals surface area contributed by atoms with Crippen LogP contribution < -0.4 is 5.32 Å². The van der Waals surface area contributed by atoms with Gasteiger partial charge in [0.25, 0.3) is 0 Å². The zero-order chi connectivity index (χ0) is 10.4. The Labute approximate surface area is 89.3 Å². The molecule has 0 heterocycles. The summed E-state index contributed by atoms with van der Waals surface area (Å²) < 4.78 is 12.8. The molecule has 1 aromatic carbocycles. The fraction of sp³-hybridized carbons (Fsp3) is 0.455. The van der Waals surface area contributed by atoms with E-state index in [0.29, 0.717) is 10.7 Å². The van der Waals surface area contributed by atoms with Crippen LogP contribution in [0.2, 0.25) is 5.02 Å². The van der Waals surface area contributed by atoms with Crippen LogP contribution >= 0.6 is 11.6 Å². The molecule has 0 aliphatic rings. The first-order chi connectivity index (χ1) is 6.74. The Balaban J connectivity index is 2.45. The maximum atomic E-state index is 12.8. The molecular formula is C11H15ClFN. The number of rotatable bonds is 5. The summed E-state index contributed by atoms with van der Waals surface area (Å²) >= 11 is 5.88. The van der Waals surface area contributed by atoms with Crippen molar-refractivity contribution < 1.29 is 4.39 Å². The summed E-state index contributed by atoms with van der Waals surface area (Å²) in [5.41, 5.74) is 0.683. The number of anilines is 1. The Morgan fingerprint density at radius 2 is 2.14 bits per heavy atom. The van der Waals surface area contributed by atoms with Crippen molar-refractivity contribution in [1.29, 1.82) is 0 Å². The average Bonchev–Trinajstić information content (AvgIpc) is 2.18. The van der Waals surface area contributed by atoms with Crippen LogP contribution in [-0.4, -0.2) is 6.54 Å². The minimum absolute atomic E-state index is 0.257. The van der Waals surface area contributed by atoms with Gasteiger partial charge in [-0.05, 0) is 24.6 Å². The zero-order valence-electron chi connectivity index (χ0n) is 8.32. The highest BCUT2D eigenvalue weighted by Crippen LogP contribution is 2.22.